The van der Waals surface area contributed by atoms with Crippen molar-refractivity contribution < 1.29 is 22.6 Å². The van der Waals surface area contributed by atoms with Gasteiger partial charge in [0.15, 0.2) is 0 Å². The normalized spacial score (nSPS) is 11.1. The Morgan fingerprint density at radius 3 is 2.32 bits per heavy atom. The quantitative estimate of drug-likeness (QED) is 0.919. The molecule has 1 heterocycles. The smallest absolute Gasteiger partial charge is 0.421 e. The molecule has 0 saturated carbocycles. The number of methoxy groups -OCH3 is 2. The van der Waals surface area contributed by atoms with Gasteiger partial charge in [0.2, 0.25) is 0 Å². The lowest BCUT2D eigenvalue weighted by Crippen LogP contribution is -2.13. The monoisotopic (exact) mass is 313 g/mol. The zero-order valence-electron chi connectivity index (χ0n) is 11.9. The average Bonchev–Trinajstić information content (AvgIpc) is 2.51. The fourth-order valence-electron chi connectivity index (χ4n) is 1.95. The molecule has 22 heavy (non-hydrogen) atoms. The summed E-state index contributed by atoms with van der Waals surface area (Å²) in [4.78, 5) is 7.06. The maximum atomic E-state index is 12.9. The zero-order valence-corrected chi connectivity index (χ0v) is 11.9. The first-order chi connectivity index (χ1) is 10.5. The number of ether oxygens (including phenoxy) is 2. The molecule has 2 aromatic rings. The van der Waals surface area contributed by atoms with Crippen molar-refractivity contribution in [3.8, 4) is 11.5 Å². The number of benzene rings is 1. The second kappa shape index (κ2) is 6.50. The van der Waals surface area contributed by atoms with E-state index in [0.717, 1.165) is 12.5 Å². The van der Waals surface area contributed by atoms with Crippen molar-refractivity contribution in [1.29, 1.82) is 0 Å². The predicted molar refractivity (Wildman–Crippen MR) is 73.9 cm³/mol. The van der Waals surface area contributed by atoms with Crippen LogP contribution >= 0.6 is 0 Å². The molecule has 118 valence electrons. The molecule has 0 aliphatic rings. The van der Waals surface area contributed by atoms with Crippen molar-refractivity contribution in [3.63, 3.8) is 0 Å². The molecular formula is C14H14F3N3O2. The van der Waals surface area contributed by atoms with E-state index < -0.39 is 11.7 Å². The molecule has 0 spiro atoms. The van der Waals surface area contributed by atoms with E-state index >= 15 is 0 Å². The van der Waals surface area contributed by atoms with Crippen LogP contribution in [0.1, 0.15) is 11.1 Å². The summed E-state index contributed by atoms with van der Waals surface area (Å²) < 4.78 is 49.1. The van der Waals surface area contributed by atoms with E-state index in [2.05, 4.69) is 15.3 Å². The van der Waals surface area contributed by atoms with Gasteiger partial charge in [0.05, 0.1) is 19.8 Å². The minimum atomic E-state index is -4.53. The van der Waals surface area contributed by atoms with Gasteiger partial charge in [-0.1, -0.05) is 6.07 Å². The first kappa shape index (κ1) is 15.9. The molecule has 0 aliphatic heterocycles. The first-order valence-corrected chi connectivity index (χ1v) is 6.28. The predicted octanol–water partition coefficient (Wildman–Crippen LogP) is 3.12. The molecular weight excluding hydrogens is 299 g/mol. The minimum Gasteiger partial charge on any atom is -0.496 e. The Morgan fingerprint density at radius 1 is 1.14 bits per heavy atom. The lowest BCUT2D eigenvalue weighted by atomic mass is 10.1. The summed E-state index contributed by atoms with van der Waals surface area (Å²) in [6.07, 6.45) is -2.75. The topological polar surface area (TPSA) is 56.3 Å². The van der Waals surface area contributed by atoms with Gasteiger partial charge in [0.25, 0.3) is 0 Å². The highest BCUT2D eigenvalue weighted by Crippen LogP contribution is 2.34. The van der Waals surface area contributed by atoms with Crippen molar-refractivity contribution in [1.82, 2.24) is 9.97 Å². The van der Waals surface area contributed by atoms with Crippen molar-refractivity contribution in [2.75, 3.05) is 19.5 Å². The van der Waals surface area contributed by atoms with Crippen LogP contribution in [0.5, 0.6) is 11.5 Å². The first-order valence-electron chi connectivity index (χ1n) is 6.28. The molecule has 2 rings (SSSR count). The molecule has 1 aromatic heterocycles. The largest absolute Gasteiger partial charge is 0.496 e. The molecule has 0 aliphatic carbocycles. The summed E-state index contributed by atoms with van der Waals surface area (Å²) in [7, 11) is 2.95. The Hall–Kier alpha value is -2.51. The number of nitrogens with one attached hydrogen (secondary N) is 1. The van der Waals surface area contributed by atoms with Crippen LogP contribution in [0.25, 0.3) is 0 Å². The van der Waals surface area contributed by atoms with Crippen molar-refractivity contribution in [3.05, 3.63) is 41.9 Å². The lowest BCUT2D eigenvalue weighted by molar-refractivity contribution is -0.137. The Morgan fingerprint density at radius 2 is 1.77 bits per heavy atom. The van der Waals surface area contributed by atoms with Crippen LogP contribution in [-0.2, 0) is 12.7 Å². The van der Waals surface area contributed by atoms with Gasteiger partial charge < -0.3 is 14.8 Å². The number of alkyl halides is 3. The Kier molecular flexibility index (Phi) is 4.69. The number of halogens is 3. The number of hydrogen-bond donors (Lipinski definition) is 1. The van der Waals surface area contributed by atoms with Crippen LogP contribution in [0.15, 0.2) is 30.7 Å². The summed E-state index contributed by atoms with van der Waals surface area (Å²) in [6.45, 7) is 0.0628. The van der Waals surface area contributed by atoms with Crippen LogP contribution in [-0.4, -0.2) is 24.2 Å². The standard InChI is InChI=1S/C14H14F3N3O2/c1-21-11-4-3-5-12(22-2)9(11)6-19-13-10(14(15,16)17)7-18-8-20-13/h3-5,7-8H,6H2,1-2H3,(H,18,19,20). The molecule has 0 unspecified atom stereocenters. The Bertz CT molecular complexity index is 625. The van der Waals surface area contributed by atoms with Crippen LogP contribution < -0.4 is 14.8 Å². The van der Waals surface area contributed by atoms with E-state index in [1.807, 2.05) is 0 Å². The Balaban J connectivity index is 2.28. The second-order valence-corrected chi connectivity index (χ2v) is 4.28. The fourth-order valence-corrected chi connectivity index (χ4v) is 1.95. The molecule has 0 bridgehead atoms. The third-order valence-corrected chi connectivity index (χ3v) is 2.98. The lowest BCUT2D eigenvalue weighted by Gasteiger charge is -2.16. The number of hydrogen-bond acceptors (Lipinski definition) is 5. The van der Waals surface area contributed by atoms with E-state index in [4.69, 9.17) is 9.47 Å². The molecule has 0 radical (unpaired) electrons. The molecule has 5 nitrogen and oxygen atoms in total. The molecule has 0 saturated heterocycles. The molecule has 1 aromatic carbocycles. The van der Waals surface area contributed by atoms with Crippen molar-refractivity contribution >= 4 is 5.82 Å². The fraction of sp³-hybridized carbons (Fsp3) is 0.286. The zero-order chi connectivity index (χ0) is 16.2. The van der Waals surface area contributed by atoms with Crippen LogP contribution in [0.3, 0.4) is 0 Å². The highest BCUT2D eigenvalue weighted by Gasteiger charge is 2.34. The maximum Gasteiger partial charge on any atom is 0.421 e. The minimum absolute atomic E-state index is 0.0628. The van der Waals surface area contributed by atoms with E-state index in [-0.39, 0.29) is 12.4 Å². The van der Waals surface area contributed by atoms with Gasteiger partial charge in [0.1, 0.15) is 29.2 Å². The van der Waals surface area contributed by atoms with Gasteiger partial charge >= 0.3 is 6.18 Å². The maximum absolute atomic E-state index is 12.9. The van der Waals surface area contributed by atoms with Gasteiger partial charge in [-0.25, -0.2) is 9.97 Å². The van der Waals surface area contributed by atoms with Gasteiger partial charge in [0, 0.05) is 12.7 Å². The van der Waals surface area contributed by atoms with Crippen LogP contribution in [0.4, 0.5) is 19.0 Å². The van der Waals surface area contributed by atoms with E-state index in [1.54, 1.807) is 18.2 Å². The third-order valence-electron chi connectivity index (χ3n) is 2.98. The summed E-state index contributed by atoms with van der Waals surface area (Å²) >= 11 is 0. The highest BCUT2D eigenvalue weighted by molar-refractivity contribution is 5.50. The van der Waals surface area contributed by atoms with Crippen LogP contribution in [0.2, 0.25) is 0 Å². The van der Waals surface area contributed by atoms with E-state index in [9.17, 15) is 13.2 Å². The molecule has 0 fully saturated rings. The van der Waals surface area contributed by atoms with E-state index in [1.165, 1.54) is 14.2 Å². The summed E-state index contributed by atoms with van der Waals surface area (Å²) in [6, 6.07) is 5.13. The second-order valence-electron chi connectivity index (χ2n) is 4.28. The average molecular weight is 313 g/mol. The highest BCUT2D eigenvalue weighted by atomic mass is 19.4. The van der Waals surface area contributed by atoms with Gasteiger partial charge in [-0.2, -0.15) is 13.2 Å². The SMILES string of the molecule is COc1cccc(OC)c1CNc1ncncc1C(F)(F)F. The summed E-state index contributed by atoms with van der Waals surface area (Å²) in [5, 5.41) is 2.65. The van der Waals surface area contributed by atoms with Gasteiger partial charge in [-0.05, 0) is 12.1 Å². The molecule has 8 heteroatoms. The van der Waals surface area contributed by atoms with E-state index in [0.29, 0.717) is 17.1 Å². The number of aromatic nitrogens is 2. The summed E-state index contributed by atoms with van der Waals surface area (Å²) in [5.41, 5.74) is -0.330. The van der Waals surface area contributed by atoms with Crippen molar-refractivity contribution in [2.45, 2.75) is 12.7 Å². The number of nitrogens with zero attached hydrogens (tertiary/aromatic N) is 2. The number of anilines is 1. The summed E-state index contributed by atoms with van der Waals surface area (Å²) in [5.74, 6) is 0.722. The number of rotatable bonds is 5. The molecule has 1 N–H and O–H groups in total. The van der Waals surface area contributed by atoms with Gasteiger partial charge in [-0.15, -0.1) is 0 Å². The molecule has 0 amide bonds. The molecule has 0 atom stereocenters. The van der Waals surface area contributed by atoms with Crippen molar-refractivity contribution in [2.24, 2.45) is 0 Å². The van der Waals surface area contributed by atoms with Gasteiger partial charge in [-0.3, -0.25) is 0 Å². The Labute approximate surface area is 125 Å². The third kappa shape index (κ3) is 3.38. The van der Waals surface area contributed by atoms with Crippen LogP contribution in [0, 0.1) is 0 Å².